The van der Waals surface area contributed by atoms with Crippen LogP contribution in [0, 0.1) is 0 Å². The van der Waals surface area contributed by atoms with Crippen LogP contribution in [-0.2, 0) is 0 Å². The van der Waals surface area contributed by atoms with Crippen molar-refractivity contribution in [2.45, 2.75) is 0 Å². The second-order valence-corrected chi connectivity index (χ2v) is 3.63. The van der Waals surface area contributed by atoms with Crippen molar-refractivity contribution < 1.29 is 9.63 Å². The van der Waals surface area contributed by atoms with Crippen molar-refractivity contribution in [3.05, 3.63) is 28.9 Å². The molecule has 3 N–H and O–H groups in total. The molecule has 0 saturated heterocycles. The number of anilines is 1. The number of halogens is 1. The Bertz CT molecular complexity index is 468. The maximum absolute atomic E-state index is 9.29. The Labute approximate surface area is 88.5 Å². The third-order valence-corrected chi connectivity index (χ3v) is 2.44. The second kappa shape index (κ2) is 3.34. The molecule has 0 aliphatic rings. The zero-order valence-corrected chi connectivity index (χ0v) is 8.65. The Morgan fingerprint density at radius 1 is 1.43 bits per heavy atom. The zero-order valence-electron chi connectivity index (χ0n) is 7.07. The van der Waals surface area contributed by atoms with Gasteiger partial charge in [-0.25, -0.2) is 0 Å². The SMILES string of the molecule is Nc1cnoc1-c1ccc(O)c(Br)c1. The summed E-state index contributed by atoms with van der Waals surface area (Å²) >= 11 is 3.20. The first-order valence-corrected chi connectivity index (χ1v) is 4.67. The van der Waals surface area contributed by atoms with Crippen LogP contribution in [0.5, 0.6) is 5.75 Å². The van der Waals surface area contributed by atoms with E-state index in [-0.39, 0.29) is 5.75 Å². The van der Waals surface area contributed by atoms with E-state index in [9.17, 15) is 5.11 Å². The quantitative estimate of drug-likeness (QED) is 0.820. The first-order valence-electron chi connectivity index (χ1n) is 3.87. The molecule has 0 unspecified atom stereocenters. The van der Waals surface area contributed by atoms with Gasteiger partial charge in [0.15, 0.2) is 5.76 Å². The Hall–Kier alpha value is -1.49. The minimum Gasteiger partial charge on any atom is -0.507 e. The van der Waals surface area contributed by atoms with Crippen LogP contribution in [0.1, 0.15) is 0 Å². The number of phenols is 1. The molecule has 0 spiro atoms. The van der Waals surface area contributed by atoms with Crippen molar-refractivity contribution in [2.24, 2.45) is 0 Å². The molecule has 5 heteroatoms. The molecule has 1 heterocycles. The van der Waals surface area contributed by atoms with Gasteiger partial charge >= 0.3 is 0 Å². The Kier molecular flexibility index (Phi) is 2.17. The van der Waals surface area contributed by atoms with Gasteiger partial charge in [-0.05, 0) is 34.1 Å². The zero-order chi connectivity index (χ0) is 10.1. The molecule has 0 atom stereocenters. The summed E-state index contributed by atoms with van der Waals surface area (Å²) in [6.45, 7) is 0. The summed E-state index contributed by atoms with van der Waals surface area (Å²) < 4.78 is 5.56. The second-order valence-electron chi connectivity index (χ2n) is 2.78. The van der Waals surface area contributed by atoms with E-state index in [1.54, 1.807) is 18.2 Å². The number of rotatable bonds is 1. The number of nitrogens with two attached hydrogens (primary N) is 1. The van der Waals surface area contributed by atoms with Crippen molar-refractivity contribution in [1.82, 2.24) is 5.16 Å². The van der Waals surface area contributed by atoms with Crippen LogP contribution in [0.4, 0.5) is 5.69 Å². The molecule has 14 heavy (non-hydrogen) atoms. The van der Waals surface area contributed by atoms with Crippen molar-refractivity contribution in [2.75, 3.05) is 5.73 Å². The molecular weight excluding hydrogens is 248 g/mol. The summed E-state index contributed by atoms with van der Waals surface area (Å²) in [4.78, 5) is 0. The van der Waals surface area contributed by atoms with E-state index in [0.717, 1.165) is 5.56 Å². The van der Waals surface area contributed by atoms with Crippen molar-refractivity contribution in [3.8, 4) is 17.1 Å². The maximum Gasteiger partial charge on any atom is 0.189 e. The van der Waals surface area contributed by atoms with Crippen LogP contribution in [0.15, 0.2) is 33.4 Å². The van der Waals surface area contributed by atoms with Crippen molar-refractivity contribution in [3.63, 3.8) is 0 Å². The van der Waals surface area contributed by atoms with Gasteiger partial charge in [0.05, 0.1) is 10.7 Å². The van der Waals surface area contributed by atoms with Crippen molar-refractivity contribution >= 4 is 21.6 Å². The summed E-state index contributed by atoms with van der Waals surface area (Å²) in [5.74, 6) is 0.678. The molecule has 2 rings (SSSR count). The van der Waals surface area contributed by atoms with E-state index in [2.05, 4.69) is 21.1 Å². The largest absolute Gasteiger partial charge is 0.507 e. The number of hydrogen-bond acceptors (Lipinski definition) is 4. The molecule has 0 aliphatic heterocycles. The highest BCUT2D eigenvalue weighted by Crippen LogP contribution is 2.32. The minimum absolute atomic E-state index is 0.173. The molecule has 2 aromatic rings. The van der Waals surface area contributed by atoms with Crippen LogP contribution in [-0.4, -0.2) is 10.3 Å². The molecule has 1 aromatic heterocycles. The summed E-state index contributed by atoms with van der Waals surface area (Å²) in [6, 6.07) is 4.98. The molecular formula is C9H7BrN2O2. The van der Waals surface area contributed by atoms with Gasteiger partial charge in [-0.1, -0.05) is 5.16 Å². The molecule has 0 radical (unpaired) electrons. The van der Waals surface area contributed by atoms with E-state index in [0.29, 0.717) is 15.9 Å². The van der Waals surface area contributed by atoms with Crippen LogP contribution in [0.2, 0.25) is 0 Å². The van der Waals surface area contributed by atoms with E-state index >= 15 is 0 Å². The Morgan fingerprint density at radius 2 is 2.21 bits per heavy atom. The number of hydrogen-bond donors (Lipinski definition) is 2. The normalized spacial score (nSPS) is 10.4. The van der Waals surface area contributed by atoms with Gasteiger partial charge in [0.1, 0.15) is 11.4 Å². The lowest BCUT2D eigenvalue weighted by Gasteiger charge is -2.00. The average molecular weight is 255 g/mol. The molecule has 0 bridgehead atoms. The molecule has 0 saturated carbocycles. The average Bonchev–Trinajstić information content (AvgIpc) is 2.57. The van der Waals surface area contributed by atoms with Gasteiger partial charge in [0.2, 0.25) is 0 Å². The van der Waals surface area contributed by atoms with Crippen molar-refractivity contribution in [1.29, 1.82) is 0 Å². The number of phenolic OH excluding ortho intramolecular Hbond substituents is 1. The number of nitrogen functional groups attached to an aromatic ring is 1. The summed E-state index contributed by atoms with van der Waals surface area (Å²) in [6.07, 6.45) is 1.44. The summed E-state index contributed by atoms with van der Waals surface area (Å²) in [5.41, 5.74) is 6.87. The van der Waals surface area contributed by atoms with E-state index < -0.39 is 0 Å². The smallest absolute Gasteiger partial charge is 0.189 e. The Morgan fingerprint density at radius 3 is 2.79 bits per heavy atom. The minimum atomic E-state index is 0.173. The third kappa shape index (κ3) is 1.46. The topological polar surface area (TPSA) is 72.3 Å². The lowest BCUT2D eigenvalue weighted by Crippen LogP contribution is -1.84. The first-order chi connectivity index (χ1) is 6.68. The first kappa shape index (κ1) is 9.08. The van der Waals surface area contributed by atoms with Gasteiger partial charge in [0.25, 0.3) is 0 Å². The predicted molar refractivity (Wildman–Crippen MR) is 55.7 cm³/mol. The van der Waals surface area contributed by atoms with Crippen LogP contribution in [0.25, 0.3) is 11.3 Å². The van der Waals surface area contributed by atoms with Gasteiger partial charge in [0, 0.05) is 5.56 Å². The molecule has 1 aromatic carbocycles. The molecule has 0 amide bonds. The molecule has 0 aliphatic carbocycles. The lowest BCUT2D eigenvalue weighted by atomic mass is 10.1. The molecule has 0 fully saturated rings. The van der Waals surface area contributed by atoms with Gasteiger partial charge < -0.3 is 15.4 Å². The van der Waals surface area contributed by atoms with Crippen LogP contribution in [0.3, 0.4) is 0 Å². The van der Waals surface area contributed by atoms with E-state index in [1.807, 2.05) is 0 Å². The van der Waals surface area contributed by atoms with E-state index in [1.165, 1.54) is 6.20 Å². The standard InChI is InChI=1S/C9H7BrN2O2/c10-6-3-5(1-2-8(6)13)9-7(11)4-12-14-9/h1-4,13H,11H2. The van der Waals surface area contributed by atoms with Crippen LogP contribution >= 0.6 is 15.9 Å². The maximum atomic E-state index is 9.29. The highest BCUT2D eigenvalue weighted by atomic mass is 79.9. The fourth-order valence-electron chi connectivity index (χ4n) is 1.11. The number of nitrogens with zero attached hydrogens (tertiary/aromatic N) is 1. The highest BCUT2D eigenvalue weighted by Gasteiger charge is 2.09. The number of aromatic hydroxyl groups is 1. The fraction of sp³-hybridized carbons (Fsp3) is 0. The number of benzene rings is 1. The van der Waals surface area contributed by atoms with Gasteiger partial charge in [-0.2, -0.15) is 0 Å². The number of aromatic nitrogens is 1. The molecule has 72 valence electrons. The molecule has 4 nitrogen and oxygen atoms in total. The fourth-order valence-corrected chi connectivity index (χ4v) is 1.49. The van der Waals surface area contributed by atoms with Gasteiger partial charge in [-0.15, -0.1) is 0 Å². The monoisotopic (exact) mass is 254 g/mol. The van der Waals surface area contributed by atoms with E-state index in [4.69, 9.17) is 10.3 Å². The summed E-state index contributed by atoms with van der Waals surface area (Å²) in [7, 11) is 0. The lowest BCUT2D eigenvalue weighted by molar-refractivity contribution is 0.432. The summed E-state index contributed by atoms with van der Waals surface area (Å²) in [5, 5.41) is 12.9. The Balaban J connectivity index is 2.53. The van der Waals surface area contributed by atoms with Gasteiger partial charge in [-0.3, -0.25) is 0 Å². The van der Waals surface area contributed by atoms with Crippen LogP contribution < -0.4 is 5.73 Å². The third-order valence-electron chi connectivity index (χ3n) is 1.81. The highest BCUT2D eigenvalue weighted by molar-refractivity contribution is 9.10. The predicted octanol–water partition coefficient (Wildman–Crippen LogP) is 2.39.